The van der Waals surface area contributed by atoms with Crippen LogP contribution in [0.25, 0.3) is 0 Å². The van der Waals surface area contributed by atoms with Crippen molar-refractivity contribution in [3.05, 3.63) is 35.5 Å². The quantitative estimate of drug-likeness (QED) is 0.0842. The molecule has 2 aliphatic carbocycles. The first-order chi connectivity index (χ1) is 23.0. The Morgan fingerprint density at radius 3 is 2.44 bits per heavy atom. The summed E-state index contributed by atoms with van der Waals surface area (Å²) in [7, 11) is -2.34. The molecule has 0 spiro atoms. The highest BCUT2D eigenvalue weighted by Gasteiger charge is 2.46. The van der Waals surface area contributed by atoms with Crippen molar-refractivity contribution in [2.45, 2.75) is 116 Å². The van der Waals surface area contributed by atoms with Crippen LogP contribution in [-0.4, -0.2) is 85.6 Å². The van der Waals surface area contributed by atoms with Gasteiger partial charge in [0.2, 0.25) is 0 Å². The maximum Gasteiger partial charge on any atom is 0.331 e. The van der Waals surface area contributed by atoms with Crippen LogP contribution in [0, 0.1) is 29.6 Å². The van der Waals surface area contributed by atoms with E-state index in [0.717, 1.165) is 95.7 Å². The van der Waals surface area contributed by atoms with Gasteiger partial charge in [-0.2, -0.15) is 8.42 Å². The predicted molar refractivity (Wildman–Crippen MR) is 183 cm³/mol. The summed E-state index contributed by atoms with van der Waals surface area (Å²) in [5.41, 5.74) is 2.44. The molecule has 2 saturated heterocycles. The third kappa shape index (κ3) is 13.3. The van der Waals surface area contributed by atoms with E-state index in [2.05, 4.69) is 45.1 Å². The van der Waals surface area contributed by atoms with Gasteiger partial charge >= 0.3 is 5.97 Å². The first-order valence-corrected chi connectivity index (χ1v) is 19.9. The maximum absolute atomic E-state index is 11.9. The van der Waals surface area contributed by atoms with E-state index in [1.54, 1.807) is 0 Å². The number of carbonyl (C=O) groups excluding carboxylic acids is 1. The van der Waals surface area contributed by atoms with E-state index in [1.165, 1.54) is 12.7 Å². The molecule has 2 heterocycles. The summed E-state index contributed by atoms with van der Waals surface area (Å²) < 4.78 is 64.7. The lowest BCUT2D eigenvalue weighted by atomic mass is 9.90. The van der Waals surface area contributed by atoms with Gasteiger partial charge in [-0.05, 0) is 102 Å². The molecular formula is C37H60O10S. The number of esters is 1. The monoisotopic (exact) mass is 696 g/mol. The van der Waals surface area contributed by atoms with E-state index in [4.69, 9.17) is 32.6 Å². The van der Waals surface area contributed by atoms with Crippen molar-refractivity contribution in [3.8, 4) is 0 Å². The highest BCUT2D eigenvalue weighted by molar-refractivity contribution is 7.85. The molecule has 0 aromatic heterocycles. The van der Waals surface area contributed by atoms with Crippen LogP contribution in [0.15, 0.2) is 35.5 Å². The van der Waals surface area contributed by atoms with Crippen LogP contribution in [-0.2, 0) is 47.5 Å². The number of hydrogen-bond donors (Lipinski definition) is 0. The Balaban J connectivity index is 1.54. The number of rotatable bonds is 19. The van der Waals surface area contributed by atoms with Gasteiger partial charge in [-0.1, -0.05) is 42.4 Å². The Labute approximate surface area is 289 Å². The van der Waals surface area contributed by atoms with Gasteiger partial charge in [0.15, 0.2) is 12.6 Å². The van der Waals surface area contributed by atoms with Crippen LogP contribution >= 0.6 is 0 Å². The van der Waals surface area contributed by atoms with Gasteiger partial charge in [0.25, 0.3) is 10.1 Å². The van der Waals surface area contributed by atoms with E-state index >= 15 is 0 Å². The summed E-state index contributed by atoms with van der Waals surface area (Å²) in [4.78, 5) is 11.7. The number of methoxy groups -OCH3 is 1. The third-order valence-electron chi connectivity index (χ3n) is 9.96. The number of carbonyl (C=O) groups is 1. The molecule has 0 radical (unpaired) electrons. The van der Waals surface area contributed by atoms with Crippen LogP contribution in [0.2, 0.25) is 0 Å². The Morgan fingerprint density at radius 1 is 1.06 bits per heavy atom. The Kier molecular flexibility index (Phi) is 16.1. The van der Waals surface area contributed by atoms with Gasteiger partial charge in [-0.25, -0.2) is 4.79 Å². The zero-order valence-electron chi connectivity index (χ0n) is 29.8. The first-order valence-electron chi connectivity index (χ1n) is 18.1. The number of allylic oxidation sites excluding steroid dienone is 3. The summed E-state index contributed by atoms with van der Waals surface area (Å²) >= 11 is 0. The van der Waals surface area contributed by atoms with Crippen molar-refractivity contribution < 1.29 is 45.8 Å². The van der Waals surface area contributed by atoms with Gasteiger partial charge < -0.3 is 28.4 Å². The van der Waals surface area contributed by atoms with E-state index in [9.17, 15) is 13.2 Å². The van der Waals surface area contributed by atoms with Crippen molar-refractivity contribution in [2.24, 2.45) is 29.6 Å². The van der Waals surface area contributed by atoms with Crippen LogP contribution in [0.4, 0.5) is 0 Å². The van der Waals surface area contributed by atoms with Crippen LogP contribution in [0.1, 0.15) is 91.4 Å². The first kappa shape index (κ1) is 39.2. The lowest BCUT2D eigenvalue weighted by molar-refractivity contribution is -0.192. The average Bonchev–Trinajstić information content (AvgIpc) is 3.59. The minimum atomic E-state index is -3.65. The van der Waals surface area contributed by atoms with Crippen molar-refractivity contribution in [1.82, 2.24) is 0 Å². The smallest absolute Gasteiger partial charge is 0.331 e. The van der Waals surface area contributed by atoms with E-state index < -0.39 is 16.1 Å². The summed E-state index contributed by atoms with van der Waals surface area (Å²) in [6, 6.07) is 0. The topological polar surface area (TPSA) is 116 Å². The van der Waals surface area contributed by atoms with Gasteiger partial charge in [-0.3, -0.25) is 4.18 Å². The molecule has 4 unspecified atom stereocenters. The highest BCUT2D eigenvalue weighted by atomic mass is 32.2. The summed E-state index contributed by atoms with van der Waals surface area (Å²) in [5.74, 6) is 0.330. The lowest BCUT2D eigenvalue weighted by Gasteiger charge is -2.30. The molecule has 0 aromatic rings. The second-order valence-electron chi connectivity index (χ2n) is 14.4. The van der Waals surface area contributed by atoms with Crippen LogP contribution in [0.3, 0.4) is 0 Å². The lowest BCUT2D eigenvalue weighted by Crippen LogP contribution is -2.31. The molecule has 0 aromatic carbocycles. The van der Waals surface area contributed by atoms with Crippen LogP contribution < -0.4 is 0 Å². The molecule has 3 fully saturated rings. The molecule has 4 aliphatic rings. The molecule has 0 amide bonds. The SMILES string of the molecule is COC(=O)COCC(COS(C)(=O)=O)C1=C[C@H]2[C@@H](C1)C[C@@H](OC1CCCCO1)[C@@H]2/C=C/[C@H](CC(C)CCC=C(C)C)OC1CCCCO1. The summed E-state index contributed by atoms with van der Waals surface area (Å²) in [6.45, 7) is 7.97. The fourth-order valence-corrected chi connectivity index (χ4v) is 7.81. The fraction of sp³-hybridized carbons (Fsp3) is 0.811. The largest absolute Gasteiger partial charge is 0.467 e. The zero-order valence-corrected chi connectivity index (χ0v) is 30.6. The third-order valence-corrected chi connectivity index (χ3v) is 10.5. The van der Waals surface area contributed by atoms with Crippen molar-refractivity contribution in [3.63, 3.8) is 0 Å². The Morgan fingerprint density at radius 2 is 1.79 bits per heavy atom. The van der Waals surface area contributed by atoms with Gasteiger partial charge in [-0.15, -0.1) is 0 Å². The molecule has 1 saturated carbocycles. The molecule has 4 rings (SSSR count). The number of hydrogen-bond acceptors (Lipinski definition) is 10. The number of fused-ring (bicyclic) bond motifs is 1. The molecule has 2 aliphatic heterocycles. The summed E-state index contributed by atoms with van der Waals surface area (Å²) in [5, 5.41) is 0. The second-order valence-corrected chi connectivity index (χ2v) is 16.0. The molecular weight excluding hydrogens is 636 g/mol. The van der Waals surface area contributed by atoms with Gasteiger partial charge in [0.05, 0.1) is 38.8 Å². The number of ether oxygens (including phenoxy) is 6. The highest BCUT2D eigenvalue weighted by Crippen LogP contribution is 2.50. The molecule has 9 atom stereocenters. The molecule has 10 nitrogen and oxygen atoms in total. The van der Waals surface area contributed by atoms with Crippen molar-refractivity contribution in [2.75, 3.05) is 46.4 Å². The molecule has 11 heteroatoms. The van der Waals surface area contributed by atoms with E-state index in [1.807, 2.05) is 0 Å². The maximum atomic E-state index is 11.9. The summed E-state index contributed by atoms with van der Waals surface area (Å²) in [6.07, 6.45) is 20.6. The van der Waals surface area contributed by atoms with Crippen molar-refractivity contribution >= 4 is 16.1 Å². The normalized spacial score (nSPS) is 29.6. The van der Waals surface area contributed by atoms with Crippen molar-refractivity contribution in [1.29, 1.82) is 0 Å². The standard InChI is InChI=1S/C37H60O10S/c1-26(2)11-10-12-27(3)19-31(46-36-13-6-8-17-43-36)15-16-32-33-21-28(20-29(33)22-34(32)47-37-14-7-9-18-44-37)30(24-45-48(5,39)40)23-42-25-35(38)41-4/h11,15-16,21,27,29-34,36-37H,6-10,12-14,17-20,22-25H2,1-5H3/b16-15+/t27?,29-,30?,31+,32+,33-,34+,36?,37?/m0/s1. The van der Waals surface area contributed by atoms with Crippen LogP contribution in [0.5, 0.6) is 0 Å². The minimum Gasteiger partial charge on any atom is -0.467 e. The average molecular weight is 697 g/mol. The zero-order chi connectivity index (χ0) is 34.5. The minimum absolute atomic E-state index is 0.000106. The van der Waals surface area contributed by atoms with Gasteiger partial charge in [0.1, 0.15) is 6.61 Å². The molecule has 0 bridgehead atoms. The fourth-order valence-electron chi connectivity index (χ4n) is 7.40. The van der Waals surface area contributed by atoms with Gasteiger partial charge in [0, 0.05) is 25.0 Å². The molecule has 274 valence electrons. The molecule has 48 heavy (non-hydrogen) atoms. The van der Waals surface area contributed by atoms with E-state index in [-0.39, 0.29) is 62.4 Å². The second kappa shape index (κ2) is 19.7. The molecule has 0 N–H and O–H groups in total. The van der Waals surface area contributed by atoms with E-state index in [0.29, 0.717) is 11.8 Å². The Hall–Kier alpha value is -1.60. The Bertz CT molecular complexity index is 1180. The predicted octanol–water partition coefficient (Wildman–Crippen LogP) is 6.50.